The molecule has 1 heterocycles. The summed E-state index contributed by atoms with van der Waals surface area (Å²) in [5, 5.41) is 6.81. The van der Waals surface area contributed by atoms with Crippen molar-refractivity contribution in [2.45, 2.75) is 26.4 Å². The van der Waals surface area contributed by atoms with Crippen LogP contribution in [0.3, 0.4) is 0 Å². The van der Waals surface area contributed by atoms with Crippen LogP contribution in [0.1, 0.15) is 19.4 Å². The first-order valence-corrected chi connectivity index (χ1v) is 6.63. The third-order valence-corrected chi connectivity index (χ3v) is 2.99. The Morgan fingerprint density at radius 1 is 1.28 bits per heavy atom. The van der Waals surface area contributed by atoms with Gasteiger partial charge in [0.05, 0.1) is 0 Å². The molecule has 0 spiro atoms. The second-order valence-electron chi connectivity index (χ2n) is 4.53. The lowest BCUT2D eigenvalue weighted by molar-refractivity contribution is 0.169. The van der Waals surface area contributed by atoms with Gasteiger partial charge >= 0.3 is 0 Å². The summed E-state index contributed by atoms with van der Waals surface area (Å²) in [6.07, 6.45) is 0. The molecule has 1 aliphatic heterocycles. The fourth-order valence-corrected chi connectivity index (χ4v) is 1.99. The smallest absolute Gasteiger partial charge is 0.165 e. The van der Waals surface area contributed by atoms with Crippen LogP contribution in [0, 0.1) is 0 Å². The Labute approximate surface area is 109 Å². The Hall–Kier alpha value is -1.26. The maximum absolute atomic E-state index is 5.69. The zero-order chi connectivity index (χ0) is 12.8. The van der Waals surface area contributed by atoms with Crippen LogP contribution in [0.4, 0.5) is 0 Å². The van der Waals surface area contributed by atoms with Crippen molar-refractivity contribution in [2.24, 2.45) is 0 Å². The molecule has 0 aromatic heterocycles. The van der Waals surface area contributed by atoms with E-state index in [-0.39, 0.29) is 0 Å². The van der Waals surface area contributed by atoms with Crippen LogP contribution in [0.15, 0.2) is 18.2 Å². The SMILES string of the molecule is CCNCC(C)NCc1cccc2c1OCCO2. The summed E-state index contributed by atoms with van der Waals surface area (Å²) in [4.78, 5) is 0. The highest BCUT2D eigenvalue weighted by Gasteiger charge is 2.15. The molecule has 0 fully saturated rings. The number of fused-ring (bicyclic) bond motifs is 1. The molecule has 2 N–H and O–H groups in total. The van der Waals surface area contributed by atoms with Crippen molar-refractivity contribution in [1.82, 2.24) is 10.6 Å². The van der Waals surface area contributed by atoms with E-state index in [4.69, 9.17) is 9.47 Å². The van der Waals surface area contributed by atoms with Crippen molar-refractivity contribution >= 4 is 0 Å². The average molecular weight is 250 g/mol. The van der Waals surface area contributed by atoms with Gasteiger partial charge in [-0.1, -0.05) is 19.1 Å². The second-order valence-corrected chi connectivity index (χ2v) is 4.53. The van der Waals surface area contributed by atoms with Gasteiger partial charge in [-0.25, -0.2) is 0 Å². The minimum Gasteiger partial charge on any atom is -0.486 e. The average Bonchev–Trinajstić information content (AvgIpc) is 2.42. The van der Waals surface area contributed by atoms with Gasteiger partial charge in [0.1, 0.15) is 13.2 Å². The first-order valence-electron chi connectivity index (χ1n) is 6.63. The van der Waals surface area contributed by atoms with Gasteiger partial charge in [0, 0.05) is 24.7 Å². The monoisotopic (exact) mass is 250 g/mol. The number of likely N-dealkylation sites (N-methyl/N-ethyl adjacent to an activating group) is 1. The van der Waals surface area contributed by atoms with Gasteiger partial charge in [-0.3, -0.25) is 0 Å². The lowest BCUT2D eigenvalue weighted by Crippen LogP contribution is -2.36. The highest BCUT2D eigenvalue weighted by molar-refractivity contribution is 5.47. The molecule has 0 bridgehead atoms. The van der Waals surface area contributed by atoms with Crippen molar-refractivity contribution in [2.75, 3.05) is 26.3 Å². The van der Waals surface area contributed by atoms with Crippen LogP contribution in [-0.4, -0.2) is 32.3 Å². The van der Waals surface area contributed by atoms with Crippen molar-refractivity contribution in [3.8, 4) is 11.5 Å². The Morgan fingerprint density at radius 3 is 2.94 bits per heavy atom. The Kier molecular flexibility index (Phi) is 4.84. The van der Waals surface area contributed by atoms with Crippen molar-refractivity contribution < 1.29 is 9.47 Å². The van der Waals surface area contributed by atoms with Crippen molar-refractivity contribution in [1.29, 1.82) is 0 Å². The van der Waals surface area contributed by atoms with Gasteiger partial charge in [0.2, 0.25) is 0 Å². The zero-order valence-corrected chi connectivity index (χ0v) is 11.2. The van der Waals surface area contributed by atoms with E-state index in [2.05, 4.69) is 30.5 Å². The number of nitrogens with one attached hydrogen (secondary N) is 2. The molecule has 1 aliphatic rings. The van der Waals surface area contributed by atoms with Gasteiger partial charge in [-0.2, -0.15) is 0 Å². The van der Waals surface area contributed by atoms with Crippen LogP contribution >= 0.6 is 0 Å². The zero-order valence-electron chi connectivity index (χ0n) is 11.2. The van der Waals surface area contributed by atoms with E-state index in [1.54, 1.807) is 0 Å². The molecule has 4 heteroatoms. The van der Waals surface area contributed by atoms with Crippen LogP contribution in [0.2, 0.25) is 0 Å². The molecule has 1 unspecified atom stereocenters. The van der Waals surface area contributed by atoms with E-state index >= 15 is 0 Å². The lowest BCUT2D eigenvalue weighted by Gasteiger charge is -2.22. The maximum Gasteiger partial charge on any atom is 0.165 e. The topological polar surface area (TPSA) is 42.5 Å². The Bertz CT molecular complexity index is 382. The lowest BCUT2D eigenvalue weighted by atomic mass is 10.1. The van der Waals surface area contributed by atoms with Gasteiger partial charge in [0.25, 0.3) is 0 Å². The molecule has 0 amide bonds. The molecule has 1 aromatic rings. The summed E-state index contributed by atoms with van der Waals surface area (Å²) in [5.74, 6) is 1.76. The van der Waals surface area contributed by atoms with E-state index in [1.807, 2.05) is 12.1 Å². The van der Waals surface area contributed by atoms with E-state index in [1.165, 1.54) is 0 Å². The molecule has 0 radical (unpaired) electrons. The number of rotatable bonds is 6. The minimum absolute atomic E-state index is 0.435. The highest BCUT2D eigenvalue weighted by Crippen LogP contribution is 2.33. The summed E-state index contributed by atoms with van der Waals surface area (Å²) in [6.45, 7) is 8.35. The number of ether oxygens (including phenoxy) is 2. The third kappa shape index (κ3) is 3.37. The van der Waals surface area contributed by atoms with E-state index in [0.29, 0.717) is 19.3 Å². The second kappa shape index (κ2) is 6.61. The summed E-state index contributed by atoms with van der Waals surface area (Å²) in [5.41, 5.74) is 1.16. The molecule has 1 atom stereocenters. The van der Waals surface area contributed by atoms with Crippen LogP contribution in [0.5, 0.6) is 11.5 Å². The third-order valence-electron chi connectivity index (χ3n) is 2.99. The largest absolute Gasteiger partial charge is 0.486 e. The standard InChI is InChI=1S/C14H22N2O2/c1-3-15-9-11(2)16-10-12-5-4-6-13-14(12)18-8-7-17-13/h4-6,11,15-16H,3,7-10H2,1-2H3. The van der Waals surface area contributed by atoms with Gasteiger partial charge in [-0.15, -0.1) is 0 Å². The van der Waals surface area contributed by atoms with Gasteiger partial charge < -0.3 is 20.1 Å². The molecule has 1 aromatic carbocycles. The fraction of sp³-hybridized carbons (Fsp3) is 0.571. The van der Waals surface area contributed by atoms with Crippen LogP contribution in [0.25, 0.3) is 0 Å². The first-order chi connectivity index (χ1) is 8.81. The van der Waals surface area contributed by atoms with Crippen LogP contribution < -0.4 is 20.1 Å². The Balaban J connectivity index is 1.93. The van der Waals surface area contributed by atoms with Gasteiger partial charge in [0.15, 0.2) is 11.5 Å². The quantitative estimate of drug-likeness (QED) is 0.804. The van der Waals surface area contributed by atoms with E-state index < -0.39 is 0 Å². The normalized spacial score (nSPS) is 15.4. The number of benzene rings is 1. The predicted octanol–water partition coefficient (Wildman–Crippen LogP) is 1.55. The first kappa shape index (κ1) is 13.2. The fourth-order valence-electron chi connectivity index (χ4n) is 1.99. The van der Waals surface area contributed by atoms with E-state index in [0.717, 1.165) is 36.7 Å². The molecule has 100 valence electrons. The minimum atomic E-state index is 0.435. The van der Waals surface area contributed by atoms with Crippen LogP contribution in [-0.2, 0) is 6.54 Å². The molecule has 0 saturated carbocycles. The summed E-state index contributed by atoms with van der Waals surface area (Å²) >= 11 is 0. The number of hydrogen-bond donors (Lipinski definition) is 2. The number of para-hydroxylation sites is 1. The molecular weight excluding hydrogens is 228 g/mol. The van der Waals surface area contributed by atoms with E-state index in [9.17, 15) is 0 Å². The van der Waals surface area contributed by atoms with Gasteiger partial charge in [-0.05, 0) is 19.5 Å². The molecule has 2 rings (SSSR count). The summed E-state index contributed by atoms with van der Waals surface area (Å²) in [6, 6.07) is 6.49. The van der Waals surface area contributed by atoms with Crippen molar-refractivity contribution in [3.05, 3.63) is 23.8 Å². The molecular formula is C14H22N2O2. The van der Waals surface area contributed by atoms with Crippen molar-refractivity contribution in [3.63, 3.8) is 0 Å². The molecule has 0 saturated heterocycles. The number of hydrogen-bond acceptors (Lipinski definition) is 4. The maximum atomic E-state index is 5.69. The molecule has 4 nitrogen and oxygen atoms in total. The molecule has 18 heavy (non-hydrogen) atoms. The molecule has 0 aliphatic carbocycles. The summed E-state index contributed by atoms with van der Waals surface area (Å²) in [7, 11) is 0. The highest BCUT2D eigenvalue weighted by atomic mass is 16.6. The predicted molar refractivity (Wildman–Crippen MR) is 72.3 cm³/mol. The summed E-state index contributed by atoms with van der Waals surface area (Å²) < 4.78 is 11.3. The Morgan fingerprint density at radius 2 is 2.11 bits per heavy atom.